The Morgan fingerprint density at radius 3 is 2.75 bits per heavy atom. The standard InChI is InChI=1S/C11H15BrN2O2/c1-3-10(11(15)16)14(2)7-9-5-4-8(12)6-13-9/h4-6,10H,3,7H2,1-2H3,(H,15,16). The van der Waals surface area contributed by atoms with Crippen LogP contribution >= 0.6 is 15.9 Å². The molecule has 1 rings (SSSR count). The first-order valence-electron chi connectivity index (χ1n) is 5.08. The molecule has 0 fully saturated rings. The monoisotopic (exact) mass is 286 g/mol. The third kappa shape index (κ3) is 3.57. The van der Waals surface area contributed by atoms with Gasteiger partial charge in [0.2, 0.25) is 0 Å². The van der Waals surface area contributed by atoms with Crippen molar-refractivity contribution in [1.29, 1.82) is 0 Å². The Hall–Kier alpha value is -0.940. The van der Waals surface area contributed by atoms with Gasteiger partial charge in [-0.15, -0.1) is 0 Å². The third-order valence-electron chi connectivity index (χ3n) is 2.40. The van der Waals surface area contributed by atoms with Gasteiger partial charge in [0.05, 0.1) is 5.69 Å². The van der Waals surface area contributed by atoms with E-state index in [1.54, 1.807) is 18.1 Å². The average molecular weight is 287 g/mol. The maximum absolute atomic E-state index is 10.9. The second-order valence-electron chi connectivity index (χ2n) is 3.65. The fourth-order valence-electron chi connectivity index (χ4n) is 1.54. The van der Waals surface area contributed by atoms with E-state index < -0.39 is 12.0 Å². The van der Waals surface area contributed by atoms with E-state index >= 15 is 0 Å². The number of aromatic nitrogens is 1. The summed E-state index contributed by atoms with van der Waals surface area (Å²) < 4.78 is 0.921. The highest BCUT2D eigenvalue weighted by atomic mass is 79.9. The van der Waals surface area contributed by atoms with E-state index in [2.05, 4.69) is 20.9 Å². The molecular weight excluding hydrogens is 272 g/mol. The van der Waals surface area contributed by atoms with Gasteiger partial charge in [-0.1, -0.05) is 6.92 Å². The molecule has 4 nitrogen and oxygen atoms in total. The van der Waals surface area contributed by atoms with Crippen LogP contribution < -0.4 is 0 Å². The Morgan fingerprint density at radius 1 is 1.62 bits per heavy atom. The molecule has 1 aromatic rings. The molecule has 1 N–H and O–H groups in total. The summed E-state index contributed by atoms with van der Waals surface area (Å²) in [7, 11) is 1.80. The molecule has 0 aliphatic heterocycles. The lowest BCUT2D eigenvalue weighted by Crippen LogP contribution is -2.37. The van der Waals surface area contributed by atoms with Crippen molar-refractivity contribution in [3.63, 3.8) is 0 Å². The van der Waals surface area contributed by atoms with Crippen molar-refractivity contribution in [2.75, 3.05) is 7.05 Å². The third-order valence-corrected chi connectivity index (χ3v) is 2.87. The summed E-state index contributed by atoms with van der Waals surface area (Å²) in [5.74, 6) is -0.790. The molecule has 0 saturated heterocycles. The average Bonchev–Trinajstić information content (AvgIpc) is 2.22. The first-order valence-corrected chi connectivity index (χ1v) is 5.87. The van der Waals surface area contributed by atoms with Crippen molar-refractivity contribution in [3.05, 3.63) is 28.5 Å². The summed E-state index contributed by atoms with van der Waals surface area (Å²) in [5.41, 5.74) is 0.866. The topological polar surface area (TPSA) is 53.4 Å². The van der Waals surface area contributed by atoms with E-state index in [4.69, 9.17) is 5.11 Å². The van der Waals surface area contributed by atoms with Crippen molar-refractivity contribution in [2.24, 2.45) is 0 Å². The van der Waals surface area contributed by atoms with Crippen molar-refractivity contribution in [2.45, 2.75) is 25.9 Å². The maximum Gasteiger partial charge on any atom is 0.320 e. The number of aliphatic carboxylic acids is 1. The minimum atomic E-state index is -0.790. The van der Waals surface area contributed by atoms with Crippen LogP contribution in [-0.2, 0) is 11.3 Å². The number of pyridine rings is 1. The summed E-state index contributed by atoms with van der Waals surface area (Å²) in [4.78, 5) is 16.9. The summed E-state index contributed by atoms with van der Waals surface area (Å²) >= 11 is 3.31. The van der Waals surface area contributed by atoms with Crippen LogP contribution in [0.3, 0.4) is 0 Å². The predicted molar refractivity (Wildman–Crippen MR) is 65.1 cm³/mol. The van der Waals surface area contributed by atoms with Crippen LogP contribution in [0.25, 0.3) is 0 Å². The lowest BCUT2D eigenvalue weighted by Gasteiger charge is -2.22. The molecule has 1 atom stereocenters. The molecule has 0 aromatic carbocycles. The Morgan fingerprint density at radius 2 is 2.31 bits per heavy atom. The number of hydrogen-bond donors (Lipinski definition) is 1. The first kappa shape index (κ1) is 13.1. The van der Waals surface area contributed by atoms with E-state index in [1.165, 1.54) is 0 Å². The molecule has 0 spiro atoms. The minimum absolute atomic E-state index is 0.453. The SMILES string of the molecule is CCC(C(=O)O)N(C)Cc1ccc(Br)cn1. The van der Waals surface area contributed by atoms with Crippen LogP contribution in [0.2, 0.25) is 0 Å². The largest absolute Gasteiger partial charge is 0.480 e. The van der Waals surface area contributed by atoms with Crippen molar-refractivity contribution < 1.29 is 9.90 Å². The fourth-order valence-corrected chi connectivity index (χ4v) is 1.78. The van der Waals surface area contributed by atoms with Crippen LogP contribution in [0, 0.1) is 0 Å². The molecule has 5 heteroatoms. The molecule has 0 amide bonds. The predicted octanol–water partition coefficient (Wildman–Crippen LogP) is 2.14. The molecule has 1 aromatic heterocycles. The zero-order chi connectivity index (χ0) is 12.1. The number of nitrogens with zero attached hydrogens (tertiary/aromatic N) is 2. The number of rotatable bonds is 5. The number of carbonyl (C=O) groups is 1. The molecule has 1 unspecified atom stereocenters. The van der Waals surface area contributed by atoms with E-state index in [9.17, 15) is 4.79 Å². The normalized spacial score (nSPS) is 12.8. The quantitative estimate of drug-likeness (QED) is 0.901. The molecule has 0 aliphatic rings. The van der Waals surface area contributed by atoms with Gasteiger partial charge in [-0.25, -0.2) is 0 Å². The van der Waals surface area contributed by atoms with Gasteiger partial charge in [0, 0.05) is 17.2 Å². The zero-order valence-corrected chi connectivity index (χ0v) is 10.9. The van der Waals surface area contributed by atoms with Gasteiger partial charge in [0.25, 0.3) is 0 Å². The molecule has 0 aliphatic carbocycles. The first-order chi connectivity index (χ1) is 7.54. The second-order valence-corrected chi connectivity index (χ2v) is 4.56. The van der Waals surface area contributed by atoms with Crippen LogP contribution in [0.1, 0.15) is 19.0 Å². The number of halogens is 1. The molecule has 88 valence electrons. The molecule has 0 radical (unpaired) electrons. The van der Waals surface area contributed by atoms with E-state index in [0.29, 0.717) is 13.0 Å². The highest BCUT2D eigenvalue weighted by Gasteiger charge is 2.20. The van der Waals surface area contributed by atoms with E-state index in [0.717, 1.165) is 10.2 Å². The van der Waals surface area contributed by atoms with Gasteiger partial charge in [-0.2, -0.15) is 0 Å². The van der Waals surface area contributed by atoms with Gasteiger partial charge < -0.3 is 5.11 Å². The summed E-state index contributed by atoms with van der Waals surface area (Å²) in [6, 6.07) is 3.33. The number of carboxylic acid groups (broad SMARTS) is 1. The second kappa shape index (κ2) is 5.96. The van der Waals surface area contributed by atoms with Gasteiger partial charge in [-0.05, 0) is 41.5 Å². The highest BCUT2D eigenvalue weighted by molar-refractivity contribution is 9.10. The minimum Gasteiger partial charge on any atom is -0.480 e. The van der Waals surface area contributed by atoms with E-state index in [1.807, 2.05) is 19.1 Å². The van der Waals surface area contributed by atoms with Gasteiger partial charge in [0.1, 0.15) is 6.04 Å². The van der Waals surface area contributed by atoms with Gasteiger partial charge in [-0.3, -0.25) is 14.7 Å². The molecular formula is C11H15BrN2O2. The molecule has 16 heavy (non-hydrogen) atoms. The molecule has 0 saturated carbocycles. The fraction of sp³-hybridized carbons (Fsp3) is 0.455. The Bertz CT molecular complexity index is 354. The van der Waals surface area contributed by atoms with Crippen molar-refractivity contribution in [1.82, 2.24) is 9.88 Å². The highest BCUT2D eigenvalue weighted by Crippen LogP contribution is 2.11. The lowest BCUT2D eigenvalue weighted by molar-refractivity contribution is -0.143. The summed E-state index contributed by atoms with van der Waals surface area (Å²) in [6.45, 7) is 2.41. The van der Waals surface area contributed by atoms with Gasteiger partial charge >= 0.3 is 5.97 Å². The summed E-state index contributed by atoms with van der Waals surface area (Å²) in [6.07, 6.45) is 2.30. The Kier molecular flexibility index (Phi) is 4.89. The summed E-state index contributed by atoms with van der Waals surface area (Å²) in [5, 5.41) is 9.00. The Balaban J connectivity index is 2.66. The zero-order valence-electron chi connectivity index (χ0n) is 9.35. The Labute approximate surface area is 103 Å². The van der Waals surface area contributed by atoms with Crippen molar-refractivity contribution >= 4 is 21.9 Å². The van der Waals surface area contributed by atoms with Crippen LogP contribution in [0.5, 0.6) is 0 Å². The van der Waals surface area contributed by atoms with Gasteiger partial charge in [0.15, 0.2) is 0 Å². The molecule has 0 bridgehead atoms. The maximum atomic E-state index is 10.9. The lowest BCUT2D eigenvalue weighted by atomic mass is 10.2. The molecule has 1 heterocycles. The number of carboxylic acids is 1. The number of hydrogen-bond acceptors (Lipinski definition) is 3. The smallest absolute Gasteiger partial charge is 0.320 e. The van der Waals surface area contributed by atoms with Crippen LogP contribution in [0.15, 0.2) is 22.8 Å². The number of likely N-dealkylation sites (N-methyl/N-ethyl adjacent to an activating group) is 1. The van der Waals surface area contributed by atoms with Crippen LogP contribution in [0.4, 0.5) is 0 Å². The van der Waals surface area contributed by atoms with Crippen LogP contribution in [-0.4, -0.2) is 34.0 Å². The van der Waals surface area contributed by atoms with Crippen molar-refractivity contribution in [3.8, 4) is 0 Å². The van der Waals surface area contributed by atoms with E-state index in [-0.39, 0.29) is 0 Å².